The number of hydrogen-bond donors (Lipinski definition) is 0. The Bertz CT molecular complexity index is 1830. The summed E-state index contributed by atoms with van der Waals surface area (Å²) in [7, 11) is 0. The summed E-state index contributed by atoms with van der Waals surface area (Å²) in [5, 5.41) is 0. The molecule has 0 bridgehead atoms. The molecule has 0 spiro atoms. The number of rotatable bonds is 11. The van der Waals surface area contributed by atoms with Gasteiger partial charge in [0.25, 0.3) is 0 Å². The van der Waals surface area contributed by atoms with Crippen molar-refractivity contribution in [2.24, 2.45) is 11.3 Å². The van der Waals surface area contributed by atoms with Gasteiger partial charge in [0.05, 0.1) is 16.4 Å². The Morgan fingerprint density at radius 3 is 2.13 bits per heavy atom. The van der Waals surface area contributed by atoms with Gasteiger partial charge in [-0.3, -0.25) is 9.59 Å². The first-order valence-electron chi connectivity index (χ1n) is 16.8. The average Bonchev–Trinajstić information content (AvgIpc) is 3.62. The number of imidazole rings is 1. The normalized spacial score (nSPS) is 19.1. The Morgan fingerprint density at radius 1 is 0.766 bits per heavy atom. The maximum absolute atomic E-state index is 14.1. The van der Waals surface area contributed by atoms with Crippen LogP contribution in [0.25, 0.3) is 11.0 Å². The molecule has 1 atom stereocenters. The fourth-order valence-electron chi connectivity index (χ4n) is 7.49. The van der Waals surface area contributed by atoms with Crippen LogP contribution in [0, 0.1) is 17.2 Å². The molecule has 7 rings (SSSR count). The molecule has 0 radical (unpaired) electrons. The zero-order valence-electron chi connectivity index (χ0n) is 26.7. The van der Waals surface area contributed by atoms with Gasteiger partial charge in [0, 0.05) is 25.6 Å². The molecule has 1 unspecified atom stereocenters. The third-order valence-electron chi connectivity index (χ3n) is 10.2. The second-order valence-electron chi connectivity index (χ2n) is 13.3. The minimum Gasteiger partial charge on any atom is -0.338 e. The van der Waals surface area contributed by atoms with Crippen LogP contribution >= 0.6 is 0 Å². The fraction of sp³-hybridized carbons (Fsp3) is 0.325. The van der Waals surface area contributed by atoms with Crippen LogP contribution < -0.4 is 0 Å². The number of para-hydroxylation sites is 2. The molecule has 0 aliphatic carbocycles. The molecule has 1 aromatic heterocycles. The van der Waals surface area contributed by atoms with Gasteiger partial charge in [0.15, 0.2) is 5.82 Å². The van der Waals surface area contributed by atoms with Crippen LogP contribution in [0.15, 0.2) is 109 Å². The number of carbonyl (C=O) groups is 2. The van der Waals surface area contributed by atoms with Crippen LogP contribution in [0.2, 0.25) is 0 Å². The SMILES string of the molecule is O=C(c1nc2ccccc2n1Cc1ccc(F)cc1)C1CCN(CCC2(Cc3ccccc3)CCN(Cc3ccccc3)C2=O)CC1. The van der Waals surface area contributed by atoms with E-state index in [9.17, 15) is 14.0 Å². The van der Waals surface area contributed by atoms with Crippen LogP contribution in [0.1, 0.15) is 53.0 Å². The molecule has 0 N–H and O–H groups in total. The molecule has 0 saturated carbocycles. The van der Waals surface area contributed by atoms with Gasteiger partial charge >= 0.3 is 0 Å². The Balaban J connectivity index is 1.02. The molecule has 1 amide bonds. The molecule has 240 valence electrons. The molecule has 3 heterocycles. The van der Waals surface area contributed by atoms with Gasteiger partial charge in [0.1, 0.15) is 5.82 Å². The number of carbonyl (C=O) groups excluding carboxylic acids is 2. The summed E-state index contributed by atoms with van der Waals surface area (Å²) in [4.78, 5) is 37.3. The third kappa shape index (κ3) is 6.77. The Hall–Kier alpha value is -4.62. The molecule has 4 aromatic carbocycles. The molecular weight excluding hydrogens is 587 g/mol. The zero-order chi connectivity index (χ0) is 32.2. The van der Waals surface area contributed by atoms with E-state index in [1.807, 2.05) is 58.0 Å². The minimum atomic E-state index is -0.423. The van der Waals surface area contributed by atoms with E-state index in [1.165, 1.54) is 17.7 Å². The van der Waals surface area contributed by atoms with Crippen molar-refractivity contribution in [2.45, 2.75) is 45.2 Å². The number of nitrogens with zero attached hydrogens (tertiary/aromatic N) is 4. The topological polar surface area (TPSA) is 58.4 Å². The first kappa shape index (κ1) is 31.0. The van der Waals surface area contributed by atoms with Crippen molar-refractivity contribution in [2.75, 3.05) is 26.2 Å². The smallest absolute Gasteiger partial charge is 0.229 e. The van der Waals surface area contributed by atoms with E-state index >= 15 is 0 Å². The van der Waals surface area contributed by atoms with E-state index in [0.717, 1.165) is 80.4 Å². The van der Waals surface area contributed by atoms with E-state index in [-0.39, 0.29) is 23.4 Å². The summed E-state index contributed by atoms with van der Waals surface area (Å²) in [5.41, 5.74) is 4.57. The van der Waals surface area contributed by atoms with Crippen molar-refractivity contribution in [1.82, 2.24) is 19.4 Å². The van der Waals surface area contributed by atoms with Gasteiger partial charge in [-0.2, -0.15) is 0 Å². The van der Waals surface area contributed by atoms with Crippen molar-refractivity contribution in [1.29, 1.82) is 0 Å². The van der Waals surface area contributed by atoms with Gasteiger partial charge in [-0.05, 0) is 92.7 Å². The number of fused-ring (bicyclic) bond motifs is 1. The van der Waals surface area contributed by atoms with Gasteiger partial charge in [0.2, 0.25) is 11.7 Å². The van der Waals surface area contributed by atoms with Crippen LogP contribution in [0.3, 0.4) is 0 Å². The highest BCUT2D eigenvalue weighted by molar-refractivity contribution is 5.98. The predicted molar refractivity (Wildman–Crippen MR) is 182 cm³/mol. The van der Waals surface area contributed by atoms with Gasteiger partial charge < -0.3 is 14.4 Å². The number of piperidine rings is 1. The number of likely N-dealkylation sites (tertiary alicyclic amines) is 2. The molecule has 47 heavy (non-hydrogen) atoms. The molecule has 7 heteroatoms. The lowest BCUT2D eigenvalue weighted by molar-refractivity contribution is -0.137. The monoisotopic (exact) mass is 628 g/mol. The highest BCUT2D eigenvalue weighted by atomic mass is 19.1. The molecule has 5 aromatic rings. The van der Waals surface area contributed by atoms with Crippen molar-refractivity contribution < 1.29 is 14.0 Å². The van der Waals surface area contributed by atoms with Crippen LogP contribution in [-0.4, -0.2) is 57.2 Å². The first-order valence-corrected chi connectivity index (χ1v) is 16.8. The first-order chi connectivity index (χ1) is 23.0. The third-order valence-corrected chi connectivity index (χ3v) is 10.2. The fourth-order valence-corrected chi connectivity index (χ4v) is 7.49. The standard InChI is InChI=1S/C40H41FN4O2/c41-34-17-15-32(16-18-34)29-45-36-14-8-7-13-35(36)42-38(45)37(46)33-19-23-43(24-20-33)25-21-40(27-30-9-3-1-4-10-30)22-26-44(39(40)47)28-31-11-5-2-6-12-31/h1-18,33H,19-29H2. The number of aromatic nitrogens is 2. The number of amides is 1. The van der Waals surface area contributed by atoms with Gasteiger partial charge in [-0.15, -0.1) is 0 Å². The molecule has 2 fully saturated rings. The Kier molecular flexibility index (Phi) is 8.99. The average molecular weight is 629 g/mol. The van der Waals surface area contributed by atoms with E-state index in [4.69, 9.17) is 4.98 Å². The van der Waals surface area contributed by atoms with Crippen LogP contribution in [0.4, 0.5) is 4.39 Å². The molecule has 2 saturated heterocycles. The van der Waals surface area contributed by atoms with Crippen LogP contribution in [0.5, 0.6) is 0 Å². The van der Waals surface area contributed by atoms with E-state index in [2.05, 4.69) is 41.3 Å². The number of benzene rings is 4. The highest BCUT2D eigenvalue weighted by Crippen LogP contribution is 2.40. The minimum absolute atomic E-state index is 0.0750. The maximum Gasteiger partial charge on any atom is 0.229 e. The highest BCUT2D eigenvalue weighted by Gasteiger charge is 2.46. The maximum atomic E-state index is 14.1. The summed E-state index contributed by atoms with van der Waals surface area (Å²) < 4.78 is 15.6. The number of Topliss-reactive ketones (excluding diaryl/α,β-unsaturated/α-hetero) is 1. The molecular formula is C40H41FN4O2. The summed E-state index contributed by atoms with van der Waals surface area (Å²) >= 11 is 0. The summed E-state index contributed by atoms with van der Waals surface area (Å²) in [6.45, 7) is 4.35. The van der Waals surface area contributed by atoms with E-state index in [0.29, 0.717) is 18.9 Å². The lowest BCUT2D eigenvalue weighted by atomic mass is 9.77. The molecule has 2 aliphatic heterocycles. The lowest BCUT2D eigenvalue weighted by Gasteiger charge is -2.35. The van der Waals surface area contributed by atoms with Gasteiger partial charge in [-0.1, -0.05) is 84.9 Å². The van der Waals surface area contributed by atoms with Gasteiger partial charge in [-0.25, -0.2) is 9.37 Å². The second-order valence-corrected chi connectivity index (χ2v) is 13.3. The molecule has 6 nitrogen and oxygen atoms in total. The van der Waals surface area contributed by atoms with E-state index in [1.54, 1.807) is 12.1 Å². The van der Waals surface area contributed by atoms with Crippen molar-refractivity contribution in [3.63, 3.8) is 0 Å². The predicted octanol–water partition coefficient (Wildman–Crippen LogP) is 7.17. The number of halogens is 1. The lowest BCUT2D eigenvalue weighted by Crippen LogP contribution is -2.42. The molecule has 2 aliphatic rings. The van der Waals surface area contributed by atoms with E-state index < -0.39 is 5.41 Å². The Morgan fingerprint density at radius 2 is 1.40 bits per heavy atom. The largest absolute Gasteiger partial charge is 0.338 e. The summed E-state index contributed by atoms with van der Waals surface area (Å²) in [5.74, 6) is 0.426. The van der Waals surface area contributed by atoms with Crippen molar-refractivity contribution in [3.8, 4) is 0 Å². The quantitative estimate of drug-likeness (QED) is 0.146. The second kappa shape index (κ2) is 13.6. The van der Waals surface area contributed by atoms with Crippen LogP contribution in [-0.2, 0) is 24.3 Å². The summed E-state index contributed by atoms with van der Waals surface area (Å²) in [6, 6.07) is 34.9. The Labute approximate surface area is 275 Å². The van der Waals surface area contributed by atoms with Crippen molar-refractivity contribution in [3.05, 3.63) is 138 Å². The number of ketones is 1. The van der Waals surface area contributed by atoms with Crippen molar-refractivity contribution >= 4 is 22.7 Å². The summed E-state index contributed by atoms with van der Waals surface area (Å²) in [6.07, 6.45) is 3.93. The number of hydrogen-bond acceptors (Lipinski definition) is 4. The zero-order valence-corrected chi connectivity index (χ0v) is 26.7.